The molecule has 1 amide bonds. The molecule has 0 unspecified atom stereocenters. The summed E-state index contributed by atoms with van der Waals surface area (Å²) >= 11 is 0. The molecule has 3 rings (SSSR count). The fraction of sp³-hybridized carbons (Fsp3) is 0.292. The molecule has 6 heteroatoms. The van der Waals surface area contributed by atoms with E-state index in [1.807, 2.05) is 65.0 Å². The summed E-state index contributed by atoms with van der Waals surface area (Å²) in [7, 11) is 0. The van der Waals surface area contributed by atoms with E-state index in [-0.39, 0.29) is 17.3 Å². The zero-order valence-electron chi connectivity index (χ0n) is 18.2. The topological polar surface area (TPSA) is 73.2 Å². The Kier molecular flexibility index (Phi) is 6.06. The number of carbonyl (C=O) groups is 1. The average molecular weight is 405 g/mol. The number of amides is 1. The molecule has 0 saturated heterocycles. The molecule has 0 saturated carbocycles. The zero-order valence-corrected chi connectivity index (χ0v) is 18.2. The lowest BCUT2D eigenvalue weighted by Crippen LogP contribution is -2.32. The van der Waals surface area contributed by atoms with Crippen LogP contribution in [0, 0.1) is 34.6 Å². The van der Waals surface area contributed by atoms with Gasteiger partial charge in [0, 0.05) is 17.8 Å². The maximum Gasteiger partial charge on any atom is 0.271 e. The second kappa shape index (κ2) is 8.53. The van der Waals surface area contributed by atoms with E-state index >= 15 is 0 Å². The van der Waals surface area contributed by atoms with Crippen LogP contribution >= 0.6 is 0 Å². The number of hydrogen-bond donors (Lipinski definition) is 1. The summed E-state index contributed by atoms with van der Waals surface area (Å²) in [6.45, 7) is 11.6. The Hall–Kier alpha value is -3.41. The monoisotopic (exact) mass is 405 g/mol. The van der Waals surface area contributed by atoms with E-state index in [1.54, 1.807) is 6.92 Å². The first-order chi connectivity index (χ1) is 14.2. The molecule has 156 valence electrons. The molecule has 1 aromatic heterocycles. The van der Waals surface area contributed by atoms with Gasteiger partial charge in [0.1, 0.15) is 0 Å². The van der Waals surface area contributed by atoms with Crippen molar-refractivity contribution in [1.82, 2.24) is 9.78 Å². The van der Waals surface area contributed by atoms with Gasteiger partial charge in [-0.1, -0.05) is 23.8 Å². The van der Waals surface area contributed by atoms with Crippen LogP contribution in [-0.4, -0.2) is 21.8 Å². The summed E-state index contributed by atoms with van der Waals surface area (Å²) in [4.78, 5) is 25.0. The standard InChI is InChI=1S/C24H27N3O3/c1-14-11-17(4)23(18(5)12-14)25-24(29)19(6)30-21-9-10-22(28)27(26-21)20-8-7-15(2)16(3)13-20/h7-13,19H,1-6H3,(H,25,29)/t19-/m1/s1. The summed E-state index contributed by atoms with van der Waals surface area (Å²) < 4.78 is 7.02. The van der Waals surface area contributed by atoms with E-state index in [4.69, 9.17) is 4.74 Å². The minimum Gasteiger partial charge on any atom is -0.463 e. The van der Waals surface area contributed by atoms with Gasteiger partial charge < -0.3 is 10.1 Å². The number of aromatic nitrogens is 2. The van der Waals surface area contributed by atoms with Crippen LogP contribution in [0.4, 0.5) is 5.69 Å². The second-order valence-electron chi connectivity index (χ2n) is 7.71. The van der Waals surface area contributed by atoms with Gasteiger partial charge in [0.2, 0.25) is 5.88 Å². The second-order valence-corrected chi connectivity index (χ2v) is 7.71. The van der Waals surface area contributed by atoms with Crippen molar-refractivity contribution in [3.05, 3.63) is 80.6 Å². The Balaban J connectivity index is 1.80. The maximum absolute atomic E-state index is 12.7. The third-order valence-corrected chi connectivity index (χ3v) is 5.10. The van der Waals surface area contributed by atoms with E-state index in [1.165, 1.54) is 16.8 Å². The number of benzene rings is 2. The van der Waals surface area contributed by atoms with Crippen molar-refractivity contribution in [3.63, 3.8) is 0 Å². The largest absolute Gasteiger partial charge is 0.463 e. The van der Waals surface area contributed by atoms with Gasteiger partial charge in [-0.2, -0.15) is 4.68 Å². The van der Waals surface area contributed by atoms with E-state index in [0.717, 1.165) is 33.5 Å². The molecule has 0 bridgehead atoms. The van der Waals surface area contributed by atoms with Crippen molar-refractivity contribution in [2.75, 3.05) is 5.32 Å². The number of carbonyl (C=O) groups excluding carboxylic acids is 1. The molecule has 0 fully saturated rings. The molecule has 0 aliphatic heterocycles. The predicted octanol–water partition coefficient (Wildman–Crippen LogP) is 4.18. The van der Waals surface area contributed by atoms with Crippen molar-refractivity contribution < 1.29 is 9.53 Å². The van der Waals surface area contributed by atoms with Crippen LogP contribution in [0.15, 0.2) is 47.3 Å². The molecule has 1 heterocycles. The molecule has 30 heavy (non-hydrogen) atoms. The minimum absolute atomic E-state index is 0.202. The molecule has 0 aliphatic rings. The molecular formula is C24H27N3O3. The van der Waals surface area contributed by atoms with Gasteiger partial charge in [-0.05, 0) is 75.9 Å². The highest BCUT2D eigenvalue weighted by atomic mass is 16.5. The molecule has 6 nitrogen and oxygen atoms in total. The third kappa shape index (κ3) is 4.59. The molecule has 0 aliphatic carbocycles. The highest BCUT2D eigenvalue weighted by molar-refractivity contribution is 5.95. The van der Waals surface area contributed by atoms with E-state index in [2.05, 4.69) is 10.4 Å². The maximum atomic E-state index is 12.7. The third-order valence-electron chi connectivity index (χ3n) is 5.10. The number of ether oxygens (including phenoxy) is 1. The van der Waals surface area contributed by atoms with Crippen molar-refractivity contribution in [1.29, 1.82) is 0 Å². The summed E-state index contributed by atoms with van der Waals surface area (Å²) in [6, 6.07) is 12.6. The number of aryl methyl sites for hydroxylation is 5. The summed E-state index contributed by atoms with van der Waals surface area (Å²) in [5.74, 6) is -0.0800. The molecule has 0 radical (unpaired) electrons. The summed E-state index contributed by atoms with van der Waals surface area (Å²) in [5, 5.41) is 7.23. The number of nitrogens with one attached hydrogen (secondary N) is 1. The Bertz CT molecular complexity index is 1140. The van der Waals surface area contributed by atoms with Gasteiger partial charge in [0.25, 0.3) is 11.5 Å². The van der Waals surface area contributed by atoms with Crippen LogP contribution in [0.2, 0.25) is 0 Å². The van der Waals surface area contributed by atoms with Crippen LogP contribution in [0.1, 0.15) is 34.7 Å². The number of hydrogen-bond acceptors (Lipinski definition) is 4. The fourth-order valence-corrected chi connectivity index (χ4v) is 3.34. The summed E-state index contributed by atoms with van der Waals surface area (Å²) in [6.07, 6.45) is -0.789. The predicted molar refractivity (Wildman–Crippen MR) is 119 cm³/mol. The minimum atomic E-state index is -0.789. The molecule has 1 N–H and O–H groups in total. The van der Waals surface area contributed by atoms with Gasteiger partial charge in [-0.15, -0.1) is 5.10 Å². The van der Waals surface area contributed by atoms with Gasteiger partial charge in [0.15, 0.2) is 6.10 Å². The van der Waals surface area contributed by atoms with Gasteiger partial charge in [0.05, 0.1) is 5.69 Å². The first kappa shape index (κ1) is 21.3. The van der Waals surface area contributed by atoms with Crippen molar-refractivity contribution in [2.45, 2.75) is 47.6 Å². The summed E-state index contributed by atoms with van der Waals surface area (Å²) in [5.41, 5.74) is 6.49. The fourth-order valence-electron chi connectivity index (χ4n) is 3.34. The van der Waals surface area contributed by atoms with Gasteiger partial charge in [-0.25, -0.2) is 0 Å². The van der Waals surface area contributed by atoms with Crippen molar-refractivity contribution in [3.8, 4) is 11.6 Å². The van der Waals surface area contributed by atoms with E-state index < -0.39 is 6.10 Å². The van der Waals surface area contributed by atoms with Crippen LogP contribution in [0.5, 0.6) is 5.88 Å². The lowest BCUT2D eigenvalue weighted by molar-refractivity contribution is -0.122. The van der Waals surface area contributed by atoms with Gasteiger partial charge in [-0.3, -0.25) is 9.59 Å². The van der Waals surface area contributed by atoms with Crippen molar-refractivity contribution in [2.24, 2.45) is 0 Å². The smallest absolute Gasteiger partial charge is 0.271 e. The van der Waals surface area contributed by atoms with Crippen LogP contribution < -0.4 is 15.6 Å². The highest BCUT2D eigenvalue weighted by Crippen LogP contribution is 2.22. The SMILES string of the molecule is Cc1cc(C)c(NC(=O)[C@@H](C)Oc2ccc(=O)n(-c3ccc(C)c(C)c3)n2)c(C)c1. The molecule has 3 aromatic rings. The van der Waals surface area contributed by atoms with Crippen LogP contribution in [0.3, 0.4) is 0 Å². The Morgan fingerprint density at radius 1 is 0.933 bits per heavy atom. The average Bonchev–Trinajstić information content (AvgIpc) is 2.68. The van der Waals surface area contributed by atoms with Crippen LogP contribution in [0.25, 0.3) is 5.69 Å². The first-order valence-corrected chi connectivity index (χ1v) is 9.89. The lowest BCUT2D eigenvalue weighted by atomic mass is 10.0. The van der Waals surface area contributed by atoms with E-state index in [9.17, 15) is 9.59 Å². The first-order valence-electron chi connectivity index (χ1n) is 9.89. The molecular weight excluding hydrogens is 378 g/mol. The van der Waals surface area contributed by atoms with E-state index in [0.29, 0.717) is 5.69 Å². The highest BCUT2D eigenvalue weighted by Gasteiger charge is 2.18. The molecule has 0 spiro atoms. The lowest BCUT2D eigenvalue weighted by Gasteiger charge is -2.17. The van der Waals surface area contributed by atoms with Gasteiger partial charge >= 0.3 is 0 Å². The number of anilines is 1. The van der Waals surface area contributed by atoms with Crippen LogP contribution in [-0.2, 0) is 4.79 Å². The van der Waals surface area contributed by atoms with Crippen molar-refractivity contribution >= 4 is 11.6 Å². The Labute approximate surface area is 176 Å². The Morgan fingerprint density at radius 2 is 1.60 bits per heavy atom. The zero-order chi connectivity index (χ0) is 22.0. The number of nitrogens with zero attached hydrogens (tertiary/aromatic N) is 2. The normalized spacial score (nSPS) is 11.8. The Morgan fingerprint density at radius 3 is 2.23 bits per heavy atom. The number of rotatable bonds is 5. The molecule has 1 atom stereocenters. The molecule has 2 aromatic carbocycles. The quantitative estimate of drug-likeness (QED) is 0.691.